The number of amides is 2. The lowest BCUT2D eigenvalue weighted by Gasteiger charge is -2.18. The fourth-order valence-electron chi connectivity index (χ4n) is 3.04. The average molecular weight is 388 g/mol. The Morgan fingerprint density at radius 1 is 1.22 bits per heavy atom. The minimum atomic E-state index is -0.410. The molecule has 1 fully saturated rings. The van der Waals surface area contributed by atoms with Gasteiger partial charge in [-0.25, -0.2) is 0 Å². The van der Waals surface area contributed by atoms with Crippen LogP contribution in [-0.2, 0) is 9.59 Å². The van der Waals surface area contributed by atoms with Crippen molar-refractivity contribution in [3.05, 3.63) is 47.5 Å². The van der Waals surface area contributed by atoms with Gasteiger partial charge in [-0.15, -0.1) is 0 Å². The van der Waals surface area contributed by atoms with Crippen molar-refractivity contribution in [3.8, 4) is 5.75 Å². The Hall–Kier alpha value is -2.73. The number of nitrogens with one attached hydrogen (secondary N) is 1. The molecule has 0 aromatic heterocycles. The summed E-state index contributed by atoms with van der Waals surface area (Å²) in [4.78, 5) is 28.5. The van der Waals surface area contributed by atoms with E-state index in [1.165, 1.54) is 7.11 Å². The van der Waals surface area contributed by atoms with Crippen LogP contribution in [0.2, 0.25) is 5.02 Å². The van der Waals surface area contributed by atoms with Crippen LogP contribution in [0.15, 0.2) is 42.5 Å². The van der Waals surface area contributed by atoms with Crippen LogP contribution in [0.25, 0.3) is 0 Å². The molecular formula is C20H22ClN3O3. The minimum absolute atomic E-state index is 0.0978. The zero-order valence-electron chi connectivity index (χ0n) is 15.5. The first-order valence-corrected chi connectivity index (χ1v) is 8.99. The van der Waals surface area contributed by atoms with Crippen LogP contribution in [0.5, 0.6) is 5.75 Å². The van der Waals surface area contributed by atoms with Gasteiger partial charge in [0.05, 0.1) is 18.1 Å². The van der Waals surface area contributed by atoms with E-state index in [1.807, 2.05) is 43.3 Å². The summed E-state index contributed by atoms with van der Waals surface area (Å²) in [6.45, 7) is 0.323. The number of hydrogen-bond acceptors (Lipinski definition) is 4. The van der Waals surface area contributed by atoms with Crippen molar-refractivity contribution in [1.82, 2.24) is 0 Å². The summed E-state index contributed by atoms with van der Waals surface area (Å²) in [5.74, 6) is -0.128. The number of halogens is 1. The normalized spacial score (nSPS) is 16.4. The molecule has 3 rings (SSSR count). The molecule has 7 heteroatoms. The first kappa shape index (κ1) is 19.0. The van der Waals surface area contributed by atoms with Crippen molar-refractivity contribution in [3.63, 3.8) is 0 Å². The van der Waals surface area contributed by atoms with Gasteiger partial charge in [-0.3, -0.25) is 9.59 Å². The molecule has 1 saturated heterocycles. The zero-order valence-corrected chi connectivity index (χ0v) is 16.3. The van der Waals surface area contributed by atoms with Crippen molar-refractivity contribution < 1.29 is 14.3 Å². The Morgan fingerprint density at radius 3 is 2.52 bits per heavy atom. The van der Waals surface area contributed by atoms with E-state index in [0.29, 0.717) is 28.7 Å². The van der Waals surface area contributed by atoms with Crippen LogP contribution in [0.3, 0.4) is 0 Å². The molecule has 2 amide bonds. The van der Waals surface area contributed by atoms with Gasteiger partial charge in [0.15, 0.2) is 0 Å². The third-order valence-electron chi connectivity index (χ3n) is 4.59. The SMILES string of the molecule is COc1ccc(N2CC(C(=O)Nc3ccc(N(C)C)cc3)CC2=O)cc1Cl. The summed E-state index contributed by atoms with van der Waals surface area (Å²) in [5, 5.41) is 3.32. The molecule has 142 valence electrons. The number of anilines is 3. The predicted molar refractivity (Wildman–Crippen MR) is 108 cm³/mol. The number of nitrogens with zero attached hydrogens (tertiary/aromatic N) is 2. The fraction of sp³-hybridized carbons (Fsp3) is 0.300. The van der Waals surface area contributed by atoms with E-state index >= 15 is 0 Å². The van der Waals surface area contributed by atoms with Crippen molar-refractivity contribution in [1.29, 1.82) is 0 Å². The quantitative estimate of drug-likeness (QED) is 0.854. The second-order valence-corrected chi connectivity index (χ2v) is 7.06. The topological polar surface area (TPSA) is 61.9 Å². The van der Waals surface area contributed by atoms with Crippen LogP contribution >= 0.6 is 11.6 Å². The summed E-state index contributed by atoms with van der Waals surface area (Å²) < 4.78 is 5.14. The molecule has 2 aromatic rings. The Kier molecular flexibility index (Phi) is 5.56. The van der Waals surface area contributed by atoms with Crippen LogP contribution in [0.1, 0.15) is 6.42 Å². The van der Waals surface area contributed by atoms with Crippen molar-refractivity contribution >= 4 is 40.5 Å². The van der Waals surface area contributed by atoms with E-state index in [2.05, 4.69) is 5.32 Å². The Bertz CT molecular complexity index is 852. The lowest BCUT2D eigenvalue weighted by Crippen LogP contribution is -2.28. The van der Waals surface area contributed by atoms with Gasteiger partial charge in [0.25, 0.3) is 0 Å². The molecule has 6 nitrogen and oxygen atoms in total. The first-order chi connectivity index (χ1) is 12.9. The third-order valence-corrected chi connectivity index (χ3v) is 4.89. The Balaban J connectivity index is 1.67. The fourth-order valence-corrected chi connectivity index (χ4v) is 3.30. The molecule has 1 aliphatic heterocycles. The lowest BCUT2D eigenvalue weighted by atomic mass is 10.1. The maximum atomic E-state index is 12.6. The van der Waals surface area contributed by atoms with Crippen LogP contribution in [-0.4, -0.2) is 39.6 Å². The largest absolute Gasteiger partial charge is 0.495 e. The molecule has 0 saturated carbocycles. The maximum absolute atomic E-state index is 12.6. The number of methoxy groups -OCH3 is 1. The second kappa shape index (κ2) is 7.88. The van der Waals surface area contributed by atoms with Gasteiger partial charge >= 0.3 is 0 Å². The van der Waals surface area contributed by atoms with Gasteiger partial charge in [-0.05, 0) is 42.5 Å². The standard InChI is InChI=1S/C20H22ClN3O3/c1-23(2)15-6-4-14(5-7-15)22-20(26)13-10-19(25)24(12-13)16-8-9-18(27-3)17(21)11-16/h4-9,11,13H,10,12H2,1-3H3,(H,22,26). The van der Waals surface area contributed by atoms with E-state index in [-0.39, 0.29) is 18.2 Å². The van der Waals surface area contributed by atoms with Gasteiger partial charge in [-0.1, -0.05) is 11.6 Å². The molecule has 0 bridgehead atoms. The van der Waals surface area contributed by atoms with E-state index in [0.717, 1.165) is 5.69 Å². The van der Waals surface area contributed by atoms with Crippen molar-refractivity contribution in [2.45, 2.75) is 6.42 Å². The third kappa shape index (κ3) is 4.17. The number of benzene rings is 2. The van der Waals surface area contributed by atoms with Crippen LogP contribution < -0.4 is 19.9 Å². The molecule has 0 spiro atoms. The second-order valence-electron chi connectivity index (χ2n) is 6.65. The van der Waals surface area contributed by atoms with Crippen LogP contribution in [0.4, 0.5) is 17.1 Å². The van der Waals surface area contributed by atoms with E-state index in [4.69, 9.17) is 16.3 Å². The Labute approximate surface area is 163 Å². The molecule has 1 heterocycles. The summed E-state index contributed by atoms with van der Waals surface area (Å²) in [6, 6.07) is 12.7. The maximum Gasteiger partial charge on any atom is 0.229 e. The van der Waals surface area contributed by atoms with Gasteiger partial charge in [0, 0.05) is 44.1 Å². The highest BCUT2D eigenvalue weighted by molar-refractivity contribution is 6.32. The van der Waals surface area contributed by atoms with E-state index in [9.17, 15) is 9.59 Å². The molecular weight excluding hydrogens is 366 g/mol. The van der Waals surface area contributed by atoms with Crippen LogP contribution in [0, 0.1) is 5.92 Å². The van der Waals surface area contributed by atoms with Crippen molar-refractivity contribution in [2.24, 2.45) is 5.92 Å². The molecule has 2 aromatic carbocycles. The van der Waals surface area contributed by atoms with Crippen molar-refractivity contribution in [2.75, 3.05) is 42.9 Å². The first-order valence-electron chi connectivity index (χ1n) is 8.61. The van der Waals surface area contributed by atoms with Gasteiger partial charge < -0.3 is 19.9 Å². The van der Waals surface area contributed by atoms with Gasteiger partial charge in [-0.2, -0.15) is 0 Å². The molecule has 1 atom stereocenters. The summed E-state index contributed by atoms with van der Waals surface area (Å²) in [5.41, 5.74) is 2.42. The highest BCUT2D eigenvalue weighted by atomic mass is 35.5. The number of carbonyl (C=O) groups excluding carboxylic acids is 2. The van der Waals surface area contributed by atoms with Gasteiger partial charge in [0.1, 0.15) is 5.75 Å². The van der Waals surface area contributed by atoms with Gasteiger partial charge in [0.2, 0.25) is 11.8 Å². The molecule has 1 aliphatic rings. The average Bonchev–Trinajstić information content (AvgIpc) is 3.04. The monoisotopic (exact) mass is 387 g/mol. The predicted octanol–water partition coefficient (Wildman–Crippen LogP) is 3.41. The number of rotatable bonds is 5. The summed E-state index contributed by atoms with van der Waals surface area (Å²) in [7, 11) is 5.45. The Morgan fingerprint density at radius 2 is 1.93 bits per heavy atom. The highest BCUT2D eigenvalue weighted by Gasteiger charge is 2.35. The minimum Gasteiger partial charge on any atom is -0.495 e. The highest BCUT2D eigenvalue weighted by Crippen LogP contribution is 2.32. The molecule has 1 unspecified atom stereocenters. The lowest BCUT2D eigenvalue weighted by molar-refractivity contribution is -0.122. The van der Waals surface area contributed by atoms with E-state index in [1.54, 1.807) is 23.1 Å². The smallest absolute Gasteiger partial charge is 0.229 e. The number of carbonyl (C=O) groups is 2. The molecule has 27 heavy (non-hydrogen) atoms. The van der Waals surface area contributed by atoms with E-state index < -0.39 is 5.92 Å². The molecule has 1 N–H and O–H groups in total. The number of ether oxygens (including phenoxy) is 1. The molecule has 0 aliphatic carbocycles. The zero-order chi connectivity index (χ0) is 19.6. The molecule has 0 radical (unpaired) electrons. The number of hydrogen-bond donors (Lipinski definition) is 1. The summed E-state index contributed by atoms with van der Waals surface area (Å²) in [6.07, 6.45) is 0.172. The summed E-state index contributed by atoms with van der Waals surface area (Å²) >= 11 is 6.15.